The predicted octanol–water partition coefficient (Wildman–Crippen LogP) is 3.43. The lowest BCUT2D eigenvalue weighted by atomic mass is 10.1. The molecule has 0 unspecified atom stereocenters. The van der Waals surface area contributed by atoms with Crippen molar-refractivity contribution in [3.63, 3.8) is 0 Å². The highest BCUT2D eigenvalue weighted by Crippen LogP contribution is 2.20. The summed E-state index contributed by atoms with van der Waals surface area (Å²) in [6.45, 7) is 2.66. The van der Waals surface area contributed by atoms with Gasteiger partial charge in [-0.25, -0.2) is 4.39 Å². The van der Waals surface area contributed by atoms with E-state index in [0.29, 0.717) is 22.3 Å². The molecule has 0 spiro atoms. The molecular formula is C13H12BrFN2O. The summed E-state index contributed by atoms with van der Waals surface area (Å²) in [5, 5.41) is 4.13. The van der Waals surface area contributed by atoms with E-state index in [1.807, 2.05) is 6.92 Å². The van der Waals surface area contributed by atoms with E-state index in [4.69, 9.17) is 0 Å². The maximum Gasteiger partial charge on any atom is 0.212 e. The number of carbonyl (C=O) groups excluding carboxylic acids is 1. The van der Waals surface area contributed by atoms with Gasteiger partial charge < -0.3 is 0 Å². The van der Waals surface area contributed by atoms with Crippen molar-refractivity contribution < 1.29 is 9.18 Å². The second-order valence-corrected chi connectivity index (χ2v) is 4.76. The van der Waals surface area contributed by atoms with E-state index in [2.05, 4.69) is 21.0 Å². The van der Waals surface area contributed by atoms with Gasteiger partial charge in [0.1, 0.15) is 11.5 Å². The molecule has 1 heterocycles. The molecule has 0 radical (unpaired) electrons. The second-order valence-electron chi connectivity index (χ2n) is 3.90. The molecule has 2 aromatic rings. The molecule has 5 heteroatoms. The molecule has 94 valence electrons. The number of aromatic nitrogens is 2. The summed E-state index contributed by atoms with van der Waals surface area (Å²) in [6.07, 6.45) is 2.46. The van der Waals surface area contributed by atoms with Crippen molar-refractivity contribution in [1.82, 2.24) is 9.78 Å². The van der Waals surface area contributed by atoms with E-state index in [1.54, 1.807) is 16.9 Å². The van der Waals surface area contributed by atoms with Crippen LogP contribution < -0.4 is 0 Å². The highest BCUT2D eigenvalue weighted by molar-refractivity contribution is 9.10. The smallest absolute Gasteiger partial charge is 0.212 e. The summed E-state index contributed by atoms with van der Waals surface area (Å²) in [6, 6.07) is 5.67. The number of halogens is 2. The molecule has 0 saturated carbocycles. The van der Waals surface area contributed by atoms with Crippen molar-refractivity contribution in [2.45, 2.75) is 19.9 Å². The summed E-state index contributed by atoms with van der Waals surface area (Å²) >= 11 is 3.31. The number of hydrogen-bond donors (Lipinski definition) is 0. The fraction of sp³-hybridized carbons (Fsp3) is 0.231. The van der Waals surface area contributed by atoms with E-state index >= 15 is 0 Å². The molecule has 0 fully saturated rings. The van der Waals surface area contributed by atoms with Gasteiger partial charge >= 0.3 is 0 Å². The van der Waals surface area contributed by atoms with Crippen molar-refractivity contribution in [3.05, 3.63) is 52.0 Å². The Morgan fingerprint density at radius 1 is 1.50 bits per heavy atom. The van der Waals surface area contributed by atoms with Crippen LogP contribution in [-0.2, 0) is 6.54 Å². The predicted molar refractivity (Wildman–Crippen MR) is 70.1 cm³/mol. The van der Waals surface area contributed by atoms with Crippen LogP contribution in [0.1, 0.15) is 29.4 Å². The fourth-order valence-corrected chi connectivity index (χ4v) is 2.21. The Bertz CT molecular complexity index is 580. The van der Waals surface area contributed by atoms with Gasteiger partial charge in [-0.1, -0.05) is 19.1 Å². The van der Waals surface area contributed by atoms with Gasteiger partial charge in [-0.3, -0.25) is 9.48 Å². The summed E-state index contributed by atoms with van der Waals surface area (Å²) in [5.41, 5.74) is 0.788. The van der Waals surface area contributed by atoms with Gasteiger partial charge in [0.15, 0.2) is 0 Å². The van der Waals surface area contributed by atoms with Crippen LogP contribution in [0.4, 0.5) is 4.39 Å². The largest absolute Gasteiger partial charge is 0.287 e. The quantitative estimate of drug-likeness (QED) is 0.811. The van der Waals surface area contributed by atoms with Crippen LogP contribution in [0.2, 0.25) is 0 Å². The van der Waals surface area contributed by atoms with Crippen molar-refractivity contribution in [2.75, 3.05) is 0 Å². The molecule has 0 bridgehead atoms. The van der Waals surface area contributed by atoms with Crippen molar-refractivity contribution in [2.24, 2.45) is 0 Å². The third-order valence-corrected chi connectivity index (χ3v) is 3.11. The second kappa shape index (κ2) is 5.44. The standard InChI is InChI=1S/C13H12BrFN2O/c1-2-6-17-12(11(14)8-16-17)13(18)9-4-3-5-10(15)7-9/h3-5,7-8H,2,6H2,1H3. The monoisotopic (exact) mass is 310 g/mol. The molecule has 0 aliphatic heterocycles. The van der Waals surface area contributed by atoms with Gasteiger partial charge in [0.2, 0.25) is 5.78 Å². The van der Waals surface area contributed by atoms with Gasteiger partial charge in [0, 0.05) is 12.1 Å². The van der Waals surface area contributed by atoms with Gasteiger partial charge in [0.05, 0.1) is 10.7 Å². The first-order valence-corrected chi connectivity index (χ1v) is 6.44. The molecule has 1 aromatic heterocycles. The lowest BCUT2D eigenvalue weighted by molar-refractivity contribution is 0.102. The molecule has 0 aliphatic carbocycles. The van der Waals surface area contributed by atoms with Gasteiger partial charge in [-0.05, 0) is 34.5 Å². The van der Waals surface area contributed by atoms with Crippen LogP contribution >= 0.6 is 15.9 Å². The number of aryl methyl sites for hydroxylation is 1. The average molecular weight is 311 g/mol. The zero-order valence-electron chi connectivity index (χ0n) is 9.86. The topological polar surface area (TPSA) is 34.9 Å². The summed E-state index contributed by atoms with van der Waals surface area (Å²) in [7, 11) is 0. The maximum absolute atomic E-state index is 13.1. The van der Waals surface area contributed by atoms with Crippen LogP contribution in [-0.4, -0.2) is 15.6 Å². The van der Waals surface area contributed by atoms with Crippen molar-refractivity contribution in [1.29, 1.82) is 0 Å². The van der Waals surface area contributed by atoms with Gasteiger partial charge in [0.25, 0.3) is 0 Å². The molecule has 0 saturated heterocycles. The summed E-state index contributed by atoms with van der Waals surface area (Å²) in [5.74, 6) is -0.647. The lowest BCUT2D eigenvalue weighted by Gasteiger charge is -2.06. The number of ketones is 1. The zero-order valence-corrected chi connectivity index (χ0v) is 11.4. The summed E-state index contributed by atoms with van der Waals surface area (Å²) in [4.78, 5) is 12.3. The minimum absolute atomic E-state index is 0.229. The molecule has 0 N–H and O–H groups in total. The third-order valence-electron chi connectivity index (χ3n) is 2.53. The van der Waals surface area contributed by atoms with Crippen LogP contribution in [0.25, 0.3) is 0 Å². The number of rotatable bonds is 4. The van der Waals surface area contributed by atoms with Crippen LogP contribution in [0, 0.1) is 5.82 Å². The molecule has 0 amide bonds. The van der Waals surface area contributed by atoms with E-state index in [0.717, 1.165) is 6.42 Å². The molecule has 1 aromatic carbocycles. The first-order valence-electron chi connectivity index (χ1n) is 5.65. The number of nitrogens with zero attached hydrogens (tertiary/aromatic N) is 2. The normalized spacial score (nSPS) is 10.6. The molecule has 0 atom stereocenters. The van der Waals surface area contributed by atoms with Crippen LogP contribution in [0.5, 0.6) is 0 Å². The van der Waals surface area contributed by atoms with E-state index in [9.17, 15) is 9.18 Å². The minimum Gasteiger partial charge on any atom is -0.287 e. The van der Waals surface area contributed by atoms with E-state index in [-0.39, 0.29) is 5.78 Å². The molecule has 3 nitrogen and oxygen atoms in total. The Morgan fingerprint density at radius 3 is 2.94 bits per heavy atom. The van der Waals surface area contributed by atoms with Gasteiger partial charge in [-0.2, -0.15) is 5.10 Å². The van der Waals surface area contributed by atoms with Gasteiger partial charge in [-0.15, -0.1) is 0 Å². The number of hydrogen-bond acceptors (Lipinski definition) is 2. The Balaban J connectivity index is 2.42. The lowest BCUT2D eigenvalue weighted by Crippen LogP contribution is -2.12. The molecule has 18 heavy (non-hydrogen) atoms. The highest BCUT2D eigenvalue weighted by Gasteiger charge is 2.18. The van der Waals surface area contributed by atoms with Crippen molar-refractivity contribution >= 4 is 21.7 Å². The molecular weight excluding hydrogens is 299 g/mol. The Labute approximate surface area is 113 Å². The Morgan fingerprint density at radius 2 is 2.28 bits per heavy atom. The minimum atomic E-state index is -0.418. The van der Waals surface area contributed by atoms with E-state index < -0.39 is 5.82 Å². The summed E-state index contributed by atoms with van der Waals surface area (Å²) < 4.78 is 15.4. The van der Waals surface area contributed by atoms with Crippen LogP contribution in [0.3, 0.4) is 0 Å². The first kappa shape index (κ1) is 13.0. The molecule has 2 rings (SSSR count). The molecule has 0 aliphatic rings. The highest BCUT2D eigenvalue weighted by atomic mass is 79.9. The Hall–Kier alpha value is -1.49. The number of carbonyl (C=O) groups is 1. The maximum atomic E-state index is 13.1. The SMILES string of the molecule is CCCn1ncc(Br)c1C(=O)c1cccc(F)c1. The van der Waals surface area contributed by atoms with Crippen LogP contribution in [0.15, 0.2) is 34.9 Å². The first-order chi connectivity index (χ1) is 8.63. The zero-order chi connectivity index (χ0) is 13.1. The van der Waals surface area contributed by atoms with E-state index in [1.165, 1.54) is 18.2 Å². The van der Waals surface area contributed by atoms with Crippen molar-refractivity contribution in [3.8, 4) is 0 Å². The fourth-order valence-electron chi connectivity index (χ4n) is 1.74. The average Bonchev–Trinajstić information content (AvgIpc) is 2.70. The number of benzene rings is 1. The third kappa shape index (κ3) is 2.51. The Kier molecular flexibility index (Phi) is 3.91.